The number of benzene rings is 2. The van der Waals surface area contributed by atoms with Gasteiger partial charge in [-0.3, -0.25) is 13.9 Å². The minimum Gasteiger partial charge on any atom is -0.350 e. The van der Waals surface area contributed by atoms with Gasteiger partial charge in [0.25, 0.3) is 0 Å². The van der Waals surface area contributed by atoms with Gasteiger partial charge < -0.3 is 10.2 Å². The third kappa shape index (κ3) is 8.10. The summed E-state index contributed by atoms with van der Waals surface area (Å²) >= 11 is 16.2. The van der Waals surface area contributed by atoms with Crippen molar-refractivity contribution in [1.29, 1.82) is 0 Å². The van der Waals surface area contributed by atoms with E-state index in [1.807, 2.05) is 27.7 Å². The number of nitrogens with zero attached hydrogens (tertiary/aromatic N) is 2. The van der Waals surface area contributed by atoms with E-state index in [-0.39, 0.29) is 12.5 Å². The van der Waals surface area contributed by atoms with E-state index in [1.54, 1.807) is 43.3 Å². The molecule has 2 amide bonds. The molecule has 1 unspecified atom stereocenters. The van der Waals surface area contributed by atoms with Crippen LogP contribution in [0.3, 0.4) is 0 Å². The van der Waals surface area contributed by atoms with Gasteiger partial charge in [0.1, 0.15) is 12.6 Å². The number of halogens is 3. The highest BCUT2D eigenvalue weighted by Gasteiger charge is 2.33. The third-order valence-electron chi connectivity index (χ3n) is 5.38. The monoisotopic (exact) mass is 619 g/mol. The molecular weight excluding hydrogens is 589 g/mol. The number of aryl methyl sites for hydroxylation is 1. The first-order chi connectivity index (χ1) is 16.5. The zero-order valence-corrected chi connectivity index (χ0v) is 25.1. The van der Waals surface area contributed by atoms with Crippen LogP contribution in [0.1, 0.15) is 45.2 Å². The lowest BCUT2D eigenvalue weighted by Gasteiger charge is -2.35. The van der Waals surface area contributed by atoms with Crippen LogP contribution >= 0.6 is 39.1 Å². The highest BCUT2D eigenvalue weighted by Crippen LogP contribution is 2.28. The summed E-state index contributed by atoms with van der Waals surface area (Å²) in [7, 11) is -3.83. The summed E-state index contributed by atoms with van der Waals surface area (Å²) in [6.45, 7) is 8.58. The summed E-state index contributed by atoms with van der Waals surface area (Å²) in [5, 5.41) is 3.60. The van der Waals surface area contributed by atoms with Gasteiger partial charge in [-0.1, -0.05) is 52.1 Å². The van der Waals surface area contributed by atoms with Crippen molar-refractivity contribution in [2.75, 3.05) is 17.1 Å². The Kier molecular flexibility index (Phi) is 10.3. The number of anilines is 1. The third-order valence-corrected chi connectivity index (χ3v) is 8.12. The molecule has 1 N–H and O–H groups in total. The molecule has 7 nitrogen and oxygen atoms in total. The minimum absolute atomic E-state index is 0.0651. The van der Waals surface area contributed by atoms with Crippen LogP contribution < -0.4 is 9.62 Å². The highest BCUT2D eigenvalue weighted by atomic mass is 79.9. The van der Waals surface area contributed by atoms with E-state index in [2.05, 4.69) is 21.2 Å². The SMILES string of the molecule is CCC(C(=O)NC(C)(C)C)N(Cc1c(Cl)cccc1Cl)C(=O)CN(c1ccc(Br)c(C)c1)S(C)(=O)=O. The maximum absolute atomic E-state index is 13.8. The van der Waals surface area contributed by atoms with Gasteiger partial charge in [0.15, 0.2) is 0 Å². The van der Waals surface area contributed by atoms with E-state index in [9.17, 15) is 18.0 Å². The first-order valence-corrected chi connectivity index (χ1v) is 14.7. The first-order valence-electron chi connectivity index (χ1n) is 11.3. The fourth-order valence-corrected chi connectivity index (χ4v) is 5.23. The number of hydrogen-bond acceptors (Lipinski definition) is 4. The highest BCUT2D eigenvalue weighted by molar-refractivity contribution is 9.10. The van der Waals surface area contributed by atoms with E-state index in [0.717, 1.165) is 20.6 Å². The Bertz CT molecular complexity index is 1210. The van der Waals surface area contributed by atoms with Crippen molar-refractivity contribution in [3.8, 4) is 0 Å². The second kappa shape index (κ2) is 12.2. The second-order valence-corrected chi connectivity index (χ2v) is 13.2. The van der Waals surface area contributed by atoms with Crippen molar-refractivity contribution >= 4 is 66.7 Å². The molecule has 198 valence electrons. The Morgan fingerprint density at radius 3 is 2.17 bits per heavy atom. The van der Waals surface area contributed by atoms with Crippen molar-refractivity contribution in [2.24, 2.45) is 0 Å². The number of rotatable bonds is 9. The van der Waals surface area contributed by atoms with E-state index >= 15 is 0 Å². The molecule has 0 heterocycles. The summed E-state index contributed by atoms with van der Waals surface area (Å²) in [5.74, 6) is -0.917. The van der Waals surface area contributed by atoms with Gasteiger partial charge >= 0.3 is 0 Å². The number of carbonyl (C=O) groups excluding carboxylic acids is 2. The van der Waals surface area contributed by atoms with Crippen LogP contribution in [0.25, 0.3) is 0 Å². The van der Waals surface area contributed by atoms with Crippen molar-refractivity contribution in [2.45, 2.75) is 59.2 Å². The summed E-state index contributed by atoms with van der Waals surface area (Å²) in [5.41, 5.74) is 1.09. The zero-order valence-electron chi connectivity index (χ0n) is 21.2. The molecule has 0 spiro atoms. The van der Waals surface area contributed by atoms with Crippen LogP contribution in [0.5, 0.6) is 0 Å². The molecule has 2 aromatic rings. The Balaban J connectivity index is 2.54. The lowest BCUT2D eigenvalue weighted by molar-refractivity contribution is -0.141. The molecule has 0 radical (unpaired) electrons. The van der Waals surface area contributed by atoms with Gasteiger partial charge in [-0.05, 0) is 70.0 Å². The lowest BCUT2D eigenvalue weighted by atomic mass is 10.1. The van der Waals surface area contributed by atoms with Crippen LogP contribution in [0.4, 0.5) is 5.69 Å². The van der Waals surface area contributed by atoms with E-state index in [0.29, 0.717) is 27.7 Å². The van der Waals surface area contributed by atoms with Crippen molar-refractivity contribution in [1.82, 2.24) is 10.2 Å². The van der Waals surface area contributed by atoms with Crippen molar-refractivity contribution in [3.63, 3.8) is 0 Å². The molecule has 0 saturated carbocycles. The van der Waals surface area contributed by atoms with Crippen LogP contribution in [-0.2, 0) is 26.2 Å². The van der Waals surface area contributed by atoms with Gasteiger partial charge in [0, 0.05) is 32.2 Å². The standard InChI is InChI=1S/C25H32BrCl2N3O4S/c1-7-22(24(33)29-25(3,4)5)30(14-18-20(27)9-8-10-21(18)28)23(32)15-31(36(6,34)35)17-11-12-19(26)16(2)13-17/h8-13,22H,7,14-15H2,1-6H3,(H,29,33). The summed E-state index contributed by atoms with van der Waals surface area (Å²) in [4.78, 5) is 28.3. The molecular formula is C25H32BrCl2N3O4S. The van der Waals surface area contributed by atoms with Gasteiger partial charge in [-0.15, -0.1) is 0 Å². The van der Waals surface area contributed by atoms with Gasteiger partial charge in [-0.2, -0.15) is 0 Å². The molecule has 2 rings (SSSR count). The Labute approximate surface area is 232 Å². The maximum atomic E-state index is 13.8. The summed E-state index contributed by atoms with van der Waals surface area (Å²) < 4.78 is 27.3. The van der Waals surface area contributed by atoms with Gasteiger partial charge in [0.2, 0.25) is 21.8 Å². The topological polar surface area (TPSA) is 86.8 Å². The van der Waals surface area contributed by atoms with Crippen LogP contribution in [0, 0.1) is 6.92 Å². The molecule has 0 aliphatic rings. The van der Waals surface area contributed by atoms with Gasteiger partial charge in [0.05, 0.1) is 11.9 Å². The first kappa shape index (κ1) is 30.4. The van der Waals surface area contributed by atoms with Crippen molar-refractivity contribution < 1.29 is 18.0 Å². The molecule has 0 saturated heterocycles. The summed E-state index contributed by atoms with van der Waals surface area (Å²) in [6, 6.07) is 9.12. The zero-order chi connectivity index (χ0) is 27.4. The predicted octanol–water partition coefficient (Wildman–Crippen LogP) is 5.55. The van der Waals surface area contributed by atoms with Crippen LogP contribution in [0.2, 0.25) is 10.0 Å². The average molecular weight is 621 g/mol. The van der Waals surface area contributed by atoms with Gasteiger partial charge in [-0.25, -0.2) is 8.42 Å². The number of sulfonamides is 1. The fraction of sp³-hybridized carbons (Fsp3) is 0.440. The number of hydrogen-bond donors (Lipinski definition) is 1. The molecule has 36 heavy (non-hydrogen) atoms. The summed E-state index contributed by atoms with van der Waals surface area (Å²) in [6.07, 6.45) is 1.34. The quantitative estimate of drug-likeness (QED) is 0.398. The molecule has 1 atom stereocenters. The number of carbonyl (C=O) groups is 2. The lowest BCUT2D eigenvalue weighted by Crippen LogP contribution is -2.55. The largest absolute Gasteiger partial charge is 0.350 e. The average Bonchev–Trinajstić information content (AvgIpc) is 2.73. The van der Waals surface area contributed by atoms with Crippen LogP contribution in [-0.4, -0.2) is 49.5 Å². The molecule has 11 heteroatoms. The van der Waals surface area contributed by atoms with E-state index < -0.39 is 34.1 Å². The number of amides is 2. The minimum atomic E-state index is -3.83. The Morgan fingerprint density at radius 1 is 1.11 bits per heavy atom. The van der Waals surface area contributed by atoms with E-state index in [1.165, 1.54) is 4.90 Å². The van der Waals surface area contributed by atoms with E-state index in [4.69, 9.17) is 23.2 Å². The second-order valence-electron chi connectivity index (χ2n) is 9.59. The number of nitrogens with one attached hydrogen (secondary N) is 1. The Hall–Kier alpha value is -1.81. The van der Waals surface area contributed by atoms with Crippen molar-refractivity contribution in [3.05, 3.63) is 62.0 Å². The molecule has 2 aromatic carbocycles. The molecule has 0 aromatic heterocycles. The molecule has 0 aliphatic carbocycles. The molecule has 0 aliphatic heterocycles. The predicted molar refractivity (Wildman–Crippen MR) is 150 cm³/mol. The smallest absolute Gasteiger partial charge is 0.244 e. The molecule has 0 bridgehead atoms. The normalized spacial score (nSPS) is 12.7. The Morgan fingerprint density at radius 2 is 1.69 bits per heavy atom. The van der Waals surface area contributed by atoms with Crippen LogP contribution in [0.15, 0.2) is 40.9 Å². The maximum Gasteiger partial charge on any atom is 0.244 e. The molecule has 0 fully saturated rings. The fourth-order valence-electron chi connectivity index (χ4n) is 3.62.